The Labute approximate surface area is 140 Å². The summed E-state index contributed by atoms with van der Waals surface area (Å²) in [6.45, 7) is 2.96. The van der Waals surface area contributed by atoms with E-state index in [2.05, 4.69) is 41.2 Å². The fourth-order valence-corrected chi connectivity index (χ4v) is 2.32. The first-order chi connectivity index (χ1) is 11.6. The second-order valence-electron chi connectivity index (χ2n) is 6.04. The summed E-state index contributed by atoms with van der Waals surface area (Å²) in [6.07, 6.45) is 2.04. The minimum atomic E-state index is -0.489. The molecular formula is C15H24N8O. The van der Waals surface area contributed by atoms with Crippen molar-refractivity contribution in [1.82, 2.24) is 19.9 Å². The summed E-state index contributed by atoms with van der Waals surface area (Å²) in [4.78, 5) is 18.0. The zero-order valence-corrected chi connectivity index (χ0v) is 14.2. The molecule has 0 bridgehead atoms. The van der Waals surface area contributed by atoms with Crippen LogP contribution in [-0.2, 0) is 0 Å². The molecular weight excluding hydrogens is 308 g/mol. The third-order valence-electron chi connectivity index (χ3n) is 3.82. The summed E-state index contributed by atoms with van der Waals surface area (Å²) in [5.41, 5.74) is 1.28. The van der Waals surface area contributed by atoms with Crippen molar-refractivity contribution in [3.8, 4) is 0 Å². The van der Waals surface area contributed by atoms with E-state index in [-0.39, 0.29) is 0 Å². The highest BCUT2D eigenvalue weighted by Gasteiger charge is 2.22. The molecule has 130 valence electrons. The van der Waals surface area contributed by atoms with Gasteiger partial charge in [0.1, 0.15) is 11.0 Å². The fourth-order valence-electron chi connectivity index (χ4n) is 2.32. The molecule has 2 aromatic rings. The molecule has 0 radical (unpaired) electrons. The predicted molar refractivity (Wildman–Crippen MR) is 95.6 cm³/mol. The first-order valence-corrected chi connectivity index (χ1v) is 8.21. The van der Waals surface area contributed by atoms with Crippen LogP contribution in [0.2, 0.25) is 0 Å². The molecule has 1 fully saturated rings. The molecule has 2 aromatic heterocycles. The van der Waals surface area contributed by atoms with Gasteiger partial charge in [-0.2, -0.15) is 9.97 Å². The second-order valence-corrected chi connectivity index (χ2v) is 6.04. The van der Waals surface area contributed by atoms with Crippen LogP contribution < -0.4 is 21.3 Å². The monoisotopic (exact) mass is 332 g/mol. The molecule has 0 spiro atoms. The quantitative estimate of drug-likeness (QED) is 0.484. The Hall–Kier alpha value is -2.42. The number of aliphatic hydroxyl groups is 1. The highest BCUT2D eigenvalue weighted by molar-refractivity contribution is 5.94. The number of hydrogen-bond acceptors (Lipinski definition) is 9. The van der Waals surface area contributed by atoms with Gasteiger partial charge < -0.3 is 26.4 Å². The van der Waals surface area contributed by atoms with Gasteiger partial charge in [0.15, 0.2) is 11.6 Å². The van der Waals surface area contributed by atoms with Crippen molar-refractivity contribution in [2.24, 2.45) is 5.92 Å². The minimum Gasteiger partial charge on any atom is -0.392 e. The molecule has 24 heavy (non-hydrogen) atoms. The summed E-state index contributed by atoms with van der Waals surface area (Å²) in [5.74, 6) is 2.98. The SMILES string of the molecule is CNc1nc(NCC2CC2)nc2c(NC)nc(NCC(C)O)nc12. The molecule has 5 N–H and O–H groups in total. The lowest BCUT2D eigenvalue weighted by atomic mass is 10.3. The van der Waals surface area contributed by atoms with Crippen LogP contribution >= 0.6 is 0 Å². The van der Waals surface area contributed by atoms with Gasteiger partial charge in [0.2, 0.25) is 11.9 Å². The number of anilines is 4. The van der Waals surface area contributed by atoms with Crippen molar-refractivity contribution < 1.29 is 5.11 Å². The van der Waals surface area contributed by atoms with Crippen molar-refractivity contribution in [3.05, 3.63) is 0 Å². The molecule has 1 aliphatic rings. The van der Waals surface area contributed by atoms with Crippen molar-refractivity contribution in [2.75, 3.05) is 48.5 Å². The Balaban J connectivity index is 1.97. The lowest BCUT2D eigenvalue weighted by molar-refractivity contribution is 0.208. The van der Waals surface area contributed by atoms with Crippen molar-refractivity contribution in [1.29, 1.82) is 0 Å². The van der Waals surface area contributed by atoms with Crippen molar-refractivity contribution in [3.63, 3.8) is 0 Å². The van der Waals surface area contributed by atoms with Gasteiger partial charge in [-0.15, -0.1) is 0 Å². The minimum absolute atomic E-state index is 0.367. The molecule has 2 heterocycles. The zero-order chi connectivity index (χ0) is 17.1. The zero-order valence-electron chi connectivity index (χ0n) is 14.2. The van der Waals surface area contributed by atoms with Gasteiger partial charge in [0, 0.05) is 27.2 Å². The van der Waals surface area contributed by atoms with Crippen LogP contribution in [0.4, 0.5) is 23.5 Å². The van der Waals surface area contributed by atoms with E-state index in [1.807, 2.05) is 0 Å². The molecule has 1 aliphatic carbocycles. The maximum Gasteiger partial charge on any atom is 0.225 e. The van der Waals surface area contributed by atoms with Crippen molar-refractivity contribution in [2.45, 2.75) is 25.9 Å². The molecule has 1 atom stereocenters. The Bertz CT molecular complexity index is 663. The lowest BCUT2D eigenvalue weighted by Crippen LogP contribution is -2.18. The van der Waals surface area contributed by atoms with Crippen LogP contribution in [0.3, 0.4) is 0 Å². The number of hydrogen-bond donors (Lipinski definition) is 5. The van der Waals surface area contributed by atoms with Crippen LogP contribution in [0.15, 0.2) is 0 Å². The van der Waals surface area contributed by atoms with Gasteiger partial charge in [-0.1, -0.05) is 0 Å². The van der Waals surface area contributed by atoms with Crippen LogP contribution in [0.5, 0.6) is 0 Å². The van der Waals surface area contributed by atoms with Crippen molar-refractivity contribution >= 4 is 34.6 Å². The maximum atomic E-state index is 9.42. The standard InChI is InChI=1S/C15H24N8O/c1-8(24)6-18-14-20-10-11(12(16-2)22-14)21-15(23-13(10)17-3)19-7-9-4-5-9/h8-9,24H,4-7H2,1-3H3,(H2,16,18,20,22)(H2,17,19,21,23). The van der Waals surface area contributed by atoms with Crippen LogP contribution in [0.1, 0.15) is 19.8 Å². The van der Waals surface area contributed by atoms with Crippen LogP contribution in [0, 0.1) is 5.92 Å². The average molecular weight is 332 g/mol. The molecule has 9 heteroatoms. The predicted octanol–water partition coefficient (Wildman–Crippen LogP) is 1.12. The number of rotatable bonds is 8. The number of fused-ring (bicyclic) bond motifs is 1. The van der Waals surface area contributed by atoms with E-state index in [9.17, 15) is 5.11 Å². The lowest BCUT2D eigenvalue weighted by Gasteiger charge is -2.13. The number of nitrogens with one attached hydrogen (secondary N) is 4. The van der Waals surface area contributed by atoms with Gasteiger partial charge >= 0.3 is 0 Å². The van der Waals surface area contributed by atoms with E-state index in [1.165, 1.54) is 12.8 Å². The topological polar surface area (TPSA) is 120 Å². The highest BCUT2D eigenvalue weighted by atomic mass is 16.3. The third-order valence-corrected chi connectivity index (χ3v) is 3.82. The first-order valence-electron chi connectivity index (χ1n) is 8.21. The largest absolute Gasteiger partial charge is 0.392 e. The smallest absolute Gasteiger partial charge is 0.225 e. The van der Waals surface area contributed by atoms with Gasteiger partial charge in [-0.05, 0) is 25.7 Å². The number of aromatic nitrogens is 4. The first kappa shape index (κ1) is 16.4. The van der Waals surface area contributed by atoms with E-state index >= 15 is 0 Å². The molecule has 0 saturated heterocycles. The summed E-state index contributed by atoms with van der Waals surface area (Å²) in [6, 6.07) is 0. The fraction of sp³-hybridized carbons (Fsp3) is 0.600. The molecule has 3 rings (SSSR count). The number of nitrogens with zero attached hydrogens (tertiary/aromatic N) is 4. The summed E-state index contributed by atoms with van der Waals surface area (Å²) < 4.78 is 0. The Morgan fingerprint density at radius 3 is 1.96 bits per heavy atom. The van der Waals surface area contributed by atoms with Gasteiger partial charge in [-0.25, -0.2) is 9.97 Å². The van der Waals surface area contributed by atoms with Crippen LogP contribution in [-0.4, -0.2) is 58.3 Å². The molecule has 9 nitrogen and oxygen atoms in total. The molecule has 1 saturated carbocycles. The van der Waals surface area contributed by atoms with Gasteiger partial charge in [0.05, 0.1) is 6.10 Å². The average Bonchev–Trinajstić information content (AvgIpc) is 3.41. The van der Waals surface area contributed by atoms with E-state index < -0.39 is 6.10 Å². The molecule has 0 amide bonds. The highest BCUT2D eigenvalue weighted by Crippen LogP contribution is 2.30. The Kier molecular flexibility index (Phi) is 4.79. The summed E-state index contributed by atoms with van der Waals surface area (Å²) >= 11 is 0. The second kappa shape index (κ2) is 7.00. The van der Waals surface area contributed by atoms with E-state index in [0.717, 1.165) is 12.5 Å². The third kappa shape index (κ3) is 3.73. The molecule has 0 aliphatic heterocycles. The van der Waals surface area contributed by atoms with E-state index in [4.69, 9.17) is 0 Å². The Morgan fingerprint density at radius 1 is 0.958 bits per heavy atom. The molecule has 1 unspecified atom stereocenters. The van der Waals surface area contributed by atoms with Gasteiger partial charge in [-0.3, -0.25) is 0 Å². The summed E-state index contributed by atoms with van der Waals surface area (Å²) in [7, 11) is 3.59. The van der Waals surface area contributed by atoms with E-state index in [1.54, 1.807) is 21.0 Å². The van der Waals surface area contributed by atoms with Gasteiger partial charge in [0.25, 0.3) is 0 Å². The normalized spacial score (nSPS) is 15.2. The van der Waals surface area contributed by atoms with E-state index in [0.29, 0.717) is 41.1 Å². The Morgan fingerprint density at radius 2 is 1.50 bits per heavy atom. The molecule has 0 aromatic carbocycles. The number of aliphatic hydroxyl groups excluding tert-OH is 1. The van der Waals surface area contributed by atoms with Crippen LogP contribution in [0.25, 0.3) is 11.0 Å². The maximum absolute atomic E-state index is 9.42. The summed E-state index contributed by atoms with van der Waals surface area (Å²) in [5, 5.41) is 21.8.